The van der Waals surface area contributed by atoms with Crippen molar-refractivity contribution in [3.63, 3.8) is 0 Å². The van der Waals surface area contributed by atoms with E-state index in [2.05, 4.69) is 39.4 Å². The van der Waals surface area contributed by atoms with Crippen molar-refractivity contribution in [3.05, 3.63) is 5.82 Å². The predicted molar refractivity (Wildman–Crippen MR) is 87.6 cm³/mol. The number of hydrogen-bond acceptors (Lipinski definition) is 6. The number of hydrogen-bond donors (Lipinski definition) is 2. The van der Waals surface area contributed by atoms with Crippen LogP contribution < -0.4 is 15.5 Å². The molecule has 3 heterocycles. The first-order chi connectivity index (χ1) is 10.5. The van der Waals surface area contributed by atoms with Crippen molar-refractivity contribution in [3.8, 4) is 0 Å². The Morgan fingerprint density at radius 2 is 2.09 bits per heavy atom. The summed E-state index contributed by atoms with van der Waals surface area (Å²) in [7, 11) is 0. The monoisotopic (exact) mass is 302 g/mol. The number of aryl methyl sites for hydroxylation is 1. The molecule has 1 aromatic heterocycles. The molecule has 7 heteroatoms. The maximum absolute atomic E-state index is 12.3. The standard InChI is InChI=1S/C15H22N6O/c1-8(2)7-11-15(22)20-12-13(19-11)17-9(3)18-14(12)21-6-5-16-10(21)4/h8,11H,5-7H2,1-4H3,(H,20,22)(H,17,18,19). The van der Waals surface area contributed by atoms with E-state index in [-0.39, 0.29) is 11.9 Å². The highest BCUT2D eigenvalue weighted by molar-refractivity contribution is 6.08. The number of amidine groups is 1. The molecule has 0 spiro atoms. The summed E-state index contributed by atoms with van der Waals surface area (Å²) in [6.45, 7) is 9.55. The third kappa shape index (κ3) is 2.63. The second-order valence-corrected chi connectivity index (χ2v) is 6.21. The van der Waals surface area contributed by atoms with Gasteiger partial charge < -0.3 is 15.5 Å². The number of carbonyl (C=O) groups excluding carboxylic acids is 1. The van der Waals surface area contributed by atoms with Crippen LogP contribution in [0.1, 0.15) is 33.0 Å². The number of carbonyl (C=O) groups is 1. The molecule has 22 heavy (non-hydrogen) atoms. The summed E-state index contributed by atoms with van der Waals surface area (Å²) in [6.07, 6.45) is 0.772. The second kappa shape index (κ2) is 5.55. The van der Waals surface area contributed by atoms with E-state index in [1.165, 1.54) is 0 Å². The van der Waals surface area contributed by atoms with Crippen molar-refractivity contribution in [1.29, 1.82) is 0 Å². The summed E-state index contributed by atoms with van der Waals surface area (Å²) in [6, 6.07) is -0.247. The lowest BCUT2D eigenvalue weighted by molar-refractivity contribution is -0.117. The van der Waals surface area contributed by atoms with Crippen LogP contribution in [0.2, 0.25) is 0 Å². The zero-order valence-corrected chi connectivity index (χ0v) is 13.5. The minimum absolute atomic E-state index is 0.0244. The van der Waals surface area contributed by atoms with Gasteiger partial charge in [0.15, 0.2) is 11.6 Å². The second-order valence-electron chi connectivity index (χ2n) is 6.21. The number of fused-ring (bicyclic) bond motifs is 1. The number of amides is 1. The number of aromatic nitrogens is 2. The summed E-state index contributed by atoms with van der Waals surface area (Å²) in [5.41, 5.74) is 0.659. The molecule has 2 aliphatic rings. The summed E-state index contributed by atoms with van der Waals surface area (Å²) in [5, 5.41) is 6.25. The Hall–Kier alpha value is -2.18. The van der Waals surface area contributed by atoms with E-state index in [4.69, 9.17) is 0 Å². The maximum atomic E-state index is 12.3. The van der Waals surface area contributed by atoms with Gasteiger partial charge in [0.2, 0.25) is 5.91 Å². The first-order valence-corrected chi connectivity index (χ1v) is 7.70. The third-order valence-electron chi connectivity index (χ3n) is 3.89. The van der Waals surface area contributed by atoms with E-state index in [0.717, 1.165) is 31.2 Å². The third-order valence-corrected chi connectivity index (χ3v) is 3.89. The molecule has 0 aromatic carbocycles. The van der Waals surface area contributed by atoms with E-state index in [9.17, 15) is 4.79 Å². The van der Waals surface area contributed by atoms with Crippen LogP contribution in [0.15, 0.2) is 4.99 Å². The zero-order chi connectivity index (χ0) is 15.9. The molecule has 0 bridgehead atoms. The summed E-state index contributed by atoms with van der Waals surface area (Å²) >= 11 is 0. The van der Waals surface area contributed by atoms with Crippen LogP contribution in [0.4, 0.5) is 17.3 Å². The van der Waals surface area contributed by atoms with E-state index in [0.29, 0.717) is 23.2 Å². The number of aliphatic imine (C=N–C) groups is 1. The molecule has 0 radical (unpaired) electrons. The van der Waals surface area contributed by atoms with Crippen LogP contribution >= 0.6 is 0 Å². The molecule has 1 aromatic rings. The molecule has 1 unspecified atom stereocenters. The molecule has 1 amide bonds. The Morgan fingerprint density at radius 1 is 1.32 bits per heavy atom. The Bertz CT molecular complexity index is 639. The number of nitrogens with one attached hydrogen (secondary N) is 2. The van der Waals surface area contributed by atoms with Crippen LogP contribution in [-0.2, 0) is 4.79 Å². The van der Waals surface area contributed by atoms with Gasteiger partial charge in [-0.05, 0) is 26.2 Å². The highest BCUT2D eigenvalue weighted by atomic mass is 16.2. The van der Waals surface area contributed by atoms with Crippen LogP contribution in [0, 0.1) is 12.8 Å². The van der Waals surface area contributed by atoms with Gasteiger partial charge in [-0.25, -0.2) is 9.97 Å². The smallest absolute Gasteiger partial charge is 0.247 e. The Morgan fingerprint density at radius 3 is 2.73 bits per heavy atom. The summed E-state index contributed by atoms with van der Waals surface area (Å²) in [5.74, 6) is 3.43. The van der Waals surface area contributed by atoms with Crippen molar-refractivity contribution >= 4 is 29.1 Å². The lowest BCUT2D eigenvalue weighted by Crippen LogP contribution is -2.41. The Kier molecular flexibility index (Phi) is 3.72. The SMILES string of the molecule is CC1=NCCN1c1nc(C)nc2c1NC(=O)C(CC(C)C)N2. The maximum Gasteiger partial charge on any atom is 0.247 e. The van der Waals surface area contributed by atoms with Crippen LogP contribution in [0.5, 0.6) is 0 Å². The van der Waals surface area contributed by atoms with Gasteiger partial charge >= 0.3 is 0 Å². The molecule has 7 nitrogen and oxygen atoms in total. The molecule has 3 rings (SSSR count). The van der Waals surface area contributed by atoms with Gasteiger partial charge in [0.1, 0.15) is 23.4 Å². The number of nitrogens with zero attached hydrogens (tertiary/aromatic N) is 4. The van der Waals surface area contributed by atoms with Gasteiger partial charge in [0.05, 0.1) is 6.54 Å². The van der Waals surface area contributed by atoms with Gasteiger partial charge in [-0.3, -0.25) is 9.79 Å². The molecule has 0 saturated heterocycles. The van der Waals surface area contributed by atoms with E-state index in [1.807, 2.05) is 18.7 Å². The van der Waals surface area contributed by atoms with Gasteiger partial charge in [0, 0.05) is 6.54 Å². The lowest BCUT2D eigenvalue weighted by atomic mass is 10.0. The van der Waals surface area contributed by atoms with Crippen LogP contribution in [0.25, 0.3) is 0 Å². The average molecular weight is 302 g/mol. The largest absolute Gasteiger partial charge is 0.356 e. The predicted octanol–water partition coefficient (Wildman–Crippen LogP) is 1.80. The molecular formula is C15H22N6O. The molecular weight excluding hydrogens is 280 g/mol. The van der Waals surface area contributed by atoms with Crippen LogP contribution in [-0.4, -0.2) is 40.8 Å². The summed E-state index contributed by atoms with van der Waals surface area (Å²) < 4.78 is 0. The van der Waals surface area contributed by atoms with E-state index in [1.54, 1.807) is 0 Å². The van der Waals surface area contributed by atoms with Crippen LogP contribution in [0.3, 0.4) is 0 Å². The quantitative estimate of drug-likeness (QED) is 0.889. The first kappa shape index (κ1) is 14.7. The highest BCUT2D eigenvalue weighted by Gasteiger charge is 2.32. The Labute approximate surface area is 130 Å². The lowest BCUT2D eigenvalue weighted by Gasteiger charge is -2.30. The molecule has 2 N–H and O–H groups in total. The fraction of sp³-hybridized carbons (Fsp3) is 0.600. The minimum atomic E-state index is -0.247. The van der Waals surface area contributed by atoms with E-state index < -0.39 is 0 Å². The number of anilines is 3. The van der Waals surface area contributed by atoms with Crippen molar-refractivity contribution in [2.45, 2.75) is 40.2 Å². The highest BCUT2D eigenvalue weighted by Crippen LogP contribution is 2.35. The topological polar surface area (TPSA) is 82.5 Å². The fourth-order valence-electron chi connectivity index (χ4n) is 2.87. The fourth-order valence-corrected chi connectivity index (χ4v) is 2.87. The Balaban J connectivity index is 1.98. The van der Waals surface area contributed by atoms with Crippen molar-refractivity contribution in [2.75, 3.05) is 28.6 Å². The molecule has 2 aliphatic heterocycles. The molecule has 0 saturated carbocycles. The van der Waals surface area contributed by atoms with Gasteiger partial charge in [0.25, 0.3) is 0 Å². The van der Waals surface area contributed by atoms with Gasteiger partial charge in [-0.1, -0.05) is 13.8 Å². The van der Waals surface area contributed by atoms with Gasteiger partial charge in [-0.2, -0.15) is 0 Å². The molecule has 1 atom stereocenters. The molecule has 0 aliphatic carbocycles. The molecule has 118 valence electrons. The number of rotatable bonds is 3. The normalized spacial score (nSPS) is 20.6. The average Bonchev–Trinajstić information content (AvgIpc) is 2.85. The van der Waals surface area contributed by atoms with Crippen molar-refractivity contribution in [1.82, 2.24) is 9.97 Å². The first-order valence-electron chi connectivity index (χ1n) is 7.70. The van der Waals surface area contributed by atoms with Crippen molar-refractivity contribution < 1.29 is 4.79 Å². The minimum Gasteiger partial charge on any atom is -0.356 e. The zero-order valence-electron chi connectivity index (χ0n) is 13.5. The molecule has 0 fully saturated rings. The van der Waals surface area contributed by atoms with Gasteiger partial charge in [-0.15, -0.1) is 0 Å². The van der Waals surface area contributed by atoms with Crippen molar-refractivity contribution in [2.24, 2.45) is 10.9 Å². The van der Waals surface area contributed by atoms with E-state index >= 15 is 0 Å². The summed E-state index contributed by atoms with van der Waals surface area (Å²) in [4.78, 5) is 27.7.